The number of carbonyl (C=O) groups excluding carboxylic acids is 4. The largest absolute Gasteiger partial charge is 0.449 e. The molecule has 1 aliphatic rings. The SMILES string of the molecule is CCNC(=O)NC(=O)C(C)OC(=O)c1ccc(N2CCCC2=O)cc1. The summed E-state index contributed by atoms with van der Waals surface area (Å²) in [7, 11) is 0. The first-order valence-corrected chi connectivity index (χ1v) is 8.12. The summed E-state index contributed by atoms with van der Waals surface area (Å²) in [5, 5.41) is 4.49. The number of ether oxygens (including phenoxy) is 1. The maximum absolute atomic E-state index is 12.1. The van der Waals surface area contributed by atoms with Gasteiger partial charge in [-0.1, -0.05) is 0 Å². The van der Waals surface area contributed by atoms with E-state index in [0.717, 1.165) is 12.1 Å². The smallest absolute Gasteiger partial charge is 0.338 e. The molecule has 0 aliphatic carbocycles. The van der Waals surface area contributed by atoms with Gasteiger partial charge < -0.3 is 15.0 Å². The van der Waals surface area contributed by atoms with Gasteiger partial charge >= 0.3 is 12.0 Å². The fourth-order valence-electron chi connectivity index (χ4n) is 2.40. The fraction of sp³-hybridized carbons (Fsp3) is 0.412. The lowest BCUT2D eigenvalue weighted by molar-refractivity contribution is -0.127. The Morgan fingerprint density at radius 3 is 2.48 bits per heavy atom. The third-order valence-electron chi connectivity index (χ3n) is 3.72. The van der Waals surface area contributed by atoms with Crippen LogP contribution >= 0.6 is 0 Å². The first-order chi connectivity index (χ1) is 11.9. The molecule has 1 saturated heterocycles. The van der Waals surface area contributed by atoms with E-state index in [4.69, 9.17) is 4.74 Å². The van der Waals surface area contributed by atoms with Crippen LogP contribution in [0.15, 0.2) is 24.3 Å². The summed E-state index contributed by atoms with van der Waals surface area (Å²) in [6.45, 7) is 4.13. The summed E-state index contributed by atoms with van der Waals surface area (Å²) in [6.07, 6.45) is 0.234. The van der Waals surface area contributed by atoms with E-state index in [-0.39, 0.29) is 11.5 Å². The number of nitrogens with one attached hydrogen (secondary N) is 2. The number of amides is 4. The van der Waals surface area contributed by atoms with Gasteiger partial charge in [-0.25, -0.2) is 9.59 Å². The van der Waals surface area contributed by atoms with Crippen molar-refractivity contribution < 1.29 is 23.9 Å². The number of urea groups is 1. The van der Waals surface area contributed by atoms with Crippen molar-refractivity contribution in [2.45, 2.75) is 32.8 Å². The van der Waals surface area contributed by atoms with Crippen LogP contribution in [0.25, 0.3) is 0 Å². The van der Waals surface area contributed by atoms with Gasteiger partial charge in [0.05, 0.1) is 5.56 Å². The highest BCUT2D eigenvalue weighted by Gasteiger charge is 2.23. The molecular weight excluding hydrogens is 326 g/mol. The van der Waals surface area contributed by atoms with Gasteiger partial charge in [0.15, 0.2) is 6.10 Å². The van der Waals surface area contributed by atoms with E-state index >= 15 is 0 Å². The van der Waals surface area contributed by atoms with Crippen LogP contribution in [0.2, 0.25) is 0 Å². The molecule has 4 amide bonds. The second-order valence-corrected chi connectivity index (χ2v) is 5.59. The zero-order valence-electron chi connectivity index (χ0n) is 14.2. The van der Waals surface area contributed by atoms with E-state index in [1.807, 2.05) is 0 Å². The summed E-state index contributed by atoms with van der Waals surface area (Å²) in [4.78, 5) is 48.5. The number of anilines is 1. The molecule has 1 aromatic carbocycles. The third kappa shape index (κ3) is 4.79. The minimum atomic E-state index is -1.12. The summed E-state index contributed by atoms with van der Waals surface area (Å²) in [5.41, 5.74) is 0.981. The van der Waals surface area contributed by atoms with Crippen molar-refractivity contribution >= 4 is 29.5 Å². The van der Waals surface area contributed by atoms with Crippen LogP contribution in [0.1, 0.15) is 37.0 Å². The fourth-order valence-corrected chi connectivity index (χ4v) is 2.40. The first-order valence-electron chi connectivity index (χ1n) is 8.12. The highest BCUT2D eigenvalue weighted by molar-refractivity contribution is 5.99. The Morgan fingerprint density at radius 2 is 1.92 bits per heavy atom. The Labute approximate surface area is 145 Å². The van der Waals surface area contributed by atoms with Crippen molar-refractivity contribution in [2.75, 3.05) is 18.0 Å². The summed E-state index contributed by atoms with van der Waals surface area (Å²) < 4.78 is 5.05. The Bertz CT molecular complexity index is 671. The summed E-state index contributed by atoms with van der Waals surface area (Å²) >= 11 is 0. The Hall–Kier alpha value is -2.90. The molecule has 0 bridgehead atoms. The first kappa shape index (κ1) is 18.4. The predicted molar refractivity (Wildman–Crippen MR) is 90.1 cm³/mol. The molecule has 1 aromatic rings. The lowest BCUT2D eigenvalue weighted by Gasteiger charge is -2.16. The molecule has 134 valence electrons. The van der Waals surface area contributed by atoms with Crippen LogP contribution < -0.4 is 15.5 Å². The molecule has 2 N–H and O–H groups in total. The maximum Gasteiger partial charge on any atom is 0.338 e. The minimum Gasteiger partial charge on any atom is -0.449 e. The van der Waals surface area contributed by atoms with Crippen LogP contribution in [-0.4, -0.2) is 43.0 Å². The highest BCUT2D eigenvalue weighted by atomic mass is 16.5. The van der Waals surface area contributed by atoms with Gasteiger partial charge in [-0.05, 0) is 44.5 Å². The molecule has 1 aliphatic heterocycles. The second kappa shape index (κ2) is 8.27. The number of carbonyl (C=O) groups is 4. The van der Waals surface area contributed by atoms with Crippen LogP contribution in [0.4, 0.5) is 10.5 Å². The van der Waals surface area contributed by atoms with Gasteiger partial charge in [-0.15, -0.1) is 0 Å². The molecule has 0 radical (unpaired) electrons. The lowest BCUT2D eigenvalue weighted by atomic mass is 10.2. The van der Waals surface area contributed by atoms with E-state index in [1.54, 1.807) is 24.0 Å². The number of rotatable bonds is 5. The standard InChI is InChI=1S/C17H21N3O5/c1-3-18-17(24)19-15(22)11(2)25-16(23)12-6-8-13(9-7-12)20-10-4-5-14(20)21/h6-9,11H,3-5,10H2,1-2H3,(H2,18,19,22,24). The van der Waals surface area contributed by atoms with Crippen LogP contribution in [0.3, 0.4) is 0 Å². The molecule has 2 rings (SSSR count). The average molecular weight is 347 g/mol. The number of esters is 1. The normalized spacial score (nSPS) is 14.8. The monoisotopic (exact) mass is 347 g/mol. The van der Waals surface area contributed by atoms with Gasteiger partial charge in [-0.3, -0.25) is 14.9 Å². The molecule has 0 aromatic heterocycles. The van der Waals surface area contributed by atoms with Crippen molar-refractivity contribution in [3.63, 3.8) is 0 Å². The van der Waals surface area contributed by atoms with Crippen molar-refractivity contribution in [3.05, 3.63) is 29.8 Å². The predicted octanol–water partition coefficient (Wildman–Crippen LogP) is 1.20. The molecule has 1 heterocycles. The number of hydrogen-bond donors (Lipinski definition) is 2. The van der Waals surface area contributed by atoms with E-state index in [0.29, 0.717) is 19.5 Å². The van der Waals surface area contributed by atoms with Gasteiger partial charge in [-0.2, -0.15) is 0 Å². The number of hydrogen-bond acceptors (Lipinski definition) is 5. The van der Waals surface area contributed by atoms with Gasteiger partial charge in [0.25, 0.3) is 5.91 Å². The van der Waals surface area contributed by atoms with Gasteiger partial charge in [0.2, 0.25) is 5.91 Å². The molecule has 25 heavy (non-hydrogen) atoms. The van der Waals surface area contributed by atoms with Crippen molar-refractivity contribution in [2.24, 2.45) is 0 Å². The quantitative estimate of drug-likeness (QED) is 0.779. The van der Waals surface area contributed by atoms with Crippen LogP contribution in [0.5, 0.6) is 0 Å². The number of nitrogens with zero attached hydrogens (tertiary/aromatic N) is 1. The van der Waals surface area contributed by atoms with Crippen molar-refractivity contribution in [1.29, 1.82) is 0 Å². The van der Waals surface area contributed by atoms with E-state index < -0.39 is 24.0 Å². The van der Waals surface area contributed by atoms with Crippen LogP contribution in [-0.2, 0) is 14.3 Å². The Balaban J connectivity index is 1.92. The average Bonchev–Trinajstić information content (AvgIpc) is 3.01. The number of benzene rings is 1. The van der Waals surface area contributed by atoms with E-state index in [9.17, 15) is 19.2 Å². The molecule has 1 unspecified atom stereocenters. The van der Waals surface area contributed by atoms with Crippen molar-refractivity contribution in [3.8, 4) is 0 Å². The Kier molecular flexibility index (Phi) is 6.10. The molecule has 8 nitrogen and oxygen atoms in total. The maximum atomic E-state index is 12.1. The zero-order valence-corrected chi connectivity index (χ0v) is 14.2. The molecule has 0 saturated carbocycles. The second-order valence-electron chi connectivity index (χ2n) is 5.59. The lowest BCUT2D eigenvalue weighted by Crippen LogP contribution is -2.44. The molecule has 1 atom stereocenters. The minimum absolute atomic E-state index is 0.0611. The molecule has 1 fully saturated rings. The summed E-state index contributed by atoms with van der Waals surface area (Å²) in [6, 6.07) is 5.77. The van der Waals surface area contributed by atoms with Crippen LogP contribution in [0, 0.1) is 0 Å². The van der Waals surface area contributed by atoms with Gasteiger partial charge in [0, 0.05) is 25.2 Å². The number of imide groups is 1. The molecule has 8 heteroatoms. The third-order valence-corrected chi connectivity index (χ3v) is 3.72. The summed E-state index contributed by atoms with van der Waals surface area (Å²) in [5.74, 6) is -1.33. The van der Waals surface area contributed by atoms with Crippen molar-refractivity contribution in [1.82, 2.24) is 10.6 Å². The van der Waals surface area contributed by atoms with E-state index in [2.05, 4.69) is 10.6 Å². The highest BCUT2D eigenvalue weighted by Crippen LogP contribution is 2.21. The topological polar surface area (TPSA) is 105 Å². The molecule has 0 spiro atoms. The molecular formula is C17H21N3O5. The van der Waals surface area contributed by atoms with E-state index in [1.165, 1.54) is 19.1 Å². The zero-order chi connectivity index (χ0) is 18.4. The Morgan fingerprint density at radius 1 is 1.24 bits per heavy atom. The van der Waals surface area contributed by atoms with Gasteiger partial charge in [0.1, 0.15) is 0 Å².